The molecule has 1 fully saturated rings. The van der Waals surface area contributed by atoms with E-state index in [-0.39, 0.29) is 11.7 Å². The maximum Gasteiger partial charge on any atom is 0.255 e. The van der Waals surface area contributed by atoms with E-state index in [0.717, 1.165) is 17.9 Å². The van der Waals surface area contributed by atoms with Crippen LogP contribution in [0.4, 0.5) is 0 Å². The highest BCUT2D eigenvalue weighted by Crippen LogP contribution is 2.28. The fourth-order valence-electron chi connectivity index (χ4n) is 2.83. The fraction of sp³-hybridized carbons (Fsp3) is 0.562. The van der Waals surface area contributed by atoms with Crippen LogP contribution in [0.2, 0.25) is 0 Å². The summed E-state index contributed by atoms with van der Waals surface area (Å²) in [6.45, 7) is 2.49. The molecule has 0 heterocycles. The van der Waals surface area contributed by atoms with E-state index in [2.05, 4.69) is 5.32 Å². The Morgan fingerprint density at radius 2 is 2.11 bits per heavy atom. The van der Waals surface area contributed by atoms with Gasteiger partial charge in [0.15, 0.2) is 0 Å². The lowest BCUT2D eigenvalue weighted by Gasteiger charge is -2.10. The quantitative estimate of drug-likeness (QED) is 0.798. The van der Waals surface area contributed by atoms with Crippen LogP contribution in [0.1, 0.15) is 54.4 Å². The van der Waals surface area contributed by atoms with Gasteiger partial charge in [0, 0.05) is 6.54 Å². The number of para-hydroxylation sites is 1. The highest BCUT2D eigenvalue weighted by Gasteiger charge is 2.15. The van der Waals surface area contributed by atoms with Crippen LogP contribution in [-0.2, 0) is 0 Å². The molecule has 0 spiro atoms. The van der Waals surface area contributed by atoms with E-state index in [9.17, 15) is 9.90 Å². The van der Waals surface area contributed by atoms with Gasteiger partial charge < -0.3 is 10.4 Å². The summed E-state index contributed by atoms with van der Waals surface area (Å²) in [6, 6.07) is 5.25. The summed E-state index contributed by atoms with van der Waals surface area (Å²) >= 11 is 0. The molecule has 3 nitrogen and oxygen atoms in total. The van der Waals surface area contributed by atoms with E-state index in [4.69, 9.17) is 0 Å². The van der Waals surface area contributed by atoms with Crippen LogP contribution in [0.25, 0.3) is 0 Å². The SMILES string of the molecule is Cc1cccc(C(=O)NCCCC2CCCC2)c1O. The van der Waals surface area contributed by atoms with Crippen LogP contribution in [0.5, 0.6) is 5.75 Å². The predicted octanol–water partition coefficient (Wildman–Crippen LogP) is 3.40. The summed E-state index contributed by atoms with van der Waals surface area (Å²) in [7, 11) is 0. The van der Waals surface area contributed by atoms with Crippen LogP contribution in [0.15, 0.2) is 18.2 Å². The zero-order chi connectivity index (χ0) is 13.7. The number of hydrogen-bond donors (Lipinski definition) is 2. The van der Waals surface area contributed by atoms with Crippen LogP contribution in [0, 0.1) is 12.8 Å². The highest BCUT2D eigenvalue weighted by molar-refractivity contribution is 5.97. The number of nitrogens with one attached hydrogen (secondary N) is 1. The topological polar surface area (TPSA) is 49.3 Å². The molecule has 0 unspecified atom stereocenters. The number of phenols is 1. The lowest BCUT2D eigenvalue weighted by molar-refractivity contribution is 0.0949. The predicted molar refractivity (Wildman–Crippen MR) is 76.4 cm³/mol. The van der Waals surface area contributed by atoms with Crippen molar-refractivity contribution in [1.29, 1.82) is 0 Å². The molecular weight excluding hydrogens is 238 g/mol. The monoisotopic (exact) mass is 261 g/mol. The fourth-order valence-corrected chi connectivity index (χ4v) is 2.83. The van der Waals surface area contributed by atoms with Crippen molar-refractivity contribution >= 4 is 5.91 Å². The number of rotatable bonds is 5. The van der Waals surface area contributed by atoms with E-state index in [0.29, 0.717) is 12.1 Å². The van der Waals surface area contributed by atoms with Crippen molar-refractivity contribution in [2.24, 2.45) is 5.92 Å². The number of benzene rings is 1. The van der Waals surface area contributed by atoms with Crippen molar-refractivity contribution in [3.63, 3.8) is 0 Å². The summed E-state index contributed by atoms with van der Waals surface area (Å²) in [5.41, 5.74) is 1.11. The van der Waals surface area contributed by atoms with Crippen molar-refractivity contribution < 1.29 is 9.90 Å². The lowest BCUT2D eigenvalue weighted by atomic mass is 10.0. The molecule has 2 rings (SSSR count). The Morgan fingerprint density at radius 3 is 2.84 bits per heavy atom. The number of aryl methyl sites for hydroxylation is 1. The molecule has 0 radical (unpaired) electrons. The maximum absolute atomic E-state index is 11.9. The molecule has 1 aliphatic carbocycles. The highest BCUT2D eigenvalue weighted by atomic mass is 16.3. The molecule has 1 amide bonds. The molecule has 0 aromatic heterocycles. The molecule has 2 N–H and O–H groups in total. The van der Waals surface area contributed by atoms with Crippen molar-refractivity contribution in [2.75, 3.05) is 6.54 Å². The average molecular weight is 261 g/mol. The third kappa shape index (κ3) is 3.72. The first-order valence-electron chi connectivity index (χ1n) is 7.25. The lowest BCUT2D eigenvalue weighted by Crippen LogP contribution is -2.24. The number of carbonyl (C=O) groups is 1. The largest absolute Gasteiger partial charge is 0.507 e. The summed E-state index contributed by atoms with van der Waals surface area (Å²) in [5, 5.41) is 12.7. The van der Waals surface area contributed by atoms with Crippen molar-refractivity contribution in [3.8, 4) is 5.75 Å². The Morgan fingerprint density at radius 1 is 1.37 bits per heavy atom. The minimum atomic E-state index is -0.173. The van der Waals surface area contributed by atoms with Gasteiger partial charge in [0.2, 0.25) is 0 Å². The van der Waals surface area contributed by atoms with Crippen LogP contribution in [0.3, 0.4) is 0 Å². The number of aromatic hydroxyl groups is 1. The molecule has 1 aromatic carbocycles. The standard InChI is InChI=1S/C16H23NO2/c1-12-6-4-10-14(15(12)18)16(19)17-11-5-9-13-7-2-3-8-13/h4,6,10,13,18H,2-3,5,7-9,11H2,1H3,(H,17,19). The molecule has 104 valence electrons. The van der Waals surface area contributed by atoms with Gasteiger partial charge in [0.05, 0.1) is 5.56 Å². The summed E-state index contributed by atoms with van der Waals surface area (Å²) in [6.07, 6.45) is 7.69. The number of carbonyl (C=O) groups excluding carboxylic acids is 1. The zero-order valence-corrected chi connectivity index (χ0v) is 11.6. The summed E-state index contributed by atoms with van der Waals surface area (Å²) in [5.74, 6) is 0.785. The van der Waals surface area contributed by atoms with Crippen molar-refractivity contribution in [3.05, 3.63) is 29.3 Å². The second-order valence-corrected chi connectivity index (χ2v) is 5.52. The zero-order valence-electron chi connectivity index (χ0n) is 11.6. The van der Waals surface area contributed by atoms with Crippen LogP contribution in [-0.4, -0.2) is 17.6 Å². The van der Waals surface area contributed by atoms with Gasteiger partial charge in [-0.2, -0.15) is 0 Å². The normalized spacial score (nSPS) is 15.6. The first-order valence-corrected chi connectivity index (χ1v) is 7.25. The third-order valence-electron chi connectivity index (χ3n) is 4.03. The third-order valence-corrected chi connectivity index (χ3v) is 4.03. The number of hydrogen-bond acceptors (Lipinski definition) is 2. The Hall–Kier alpha value is -1.51. The number of amides is 1. The van der Waals surface area contributed by atoms with E-state index >= 15 is 0 Å². The Bertz CT molecular complexity index is 436. The van der Waals surface area contributed by atoms with Crippen molar-refractivity contribution in [2.45, 2.75) is 45.4 Å². The van der Waals surface area contributed by atoms with Crippen LogP contribution >= 0.6 is 0 Å². The van der Waals surface area contributed by atoms with Gasteiger partial charge in [-0.3, -0.25) is 4.79 Å². The average Bonchev–Trinajstić information content (AvgIpc) is 2.91. The van der Waals surface area contributed by atoms with E-state index < -0.39 is 0 Å². The Balaban J connectivity index is 1.76. The number of phenolic OH excluding ortho intramolecular Hbond substituents is 1. The Labute approximate surface area is 115 Å². The molecule has 0 atom stereocenters. The van der Waals surface area contributed by atoms with Crippen LogP contribution < -0.4 is 5.32 Å². The van der Waals surface area contributed by atoms with Gasteiger partial charge in [-0.15, -0.1) is 0 Å². The van der Waals surface area contributed by atoms with Crippen molar-refractivity contribution in [1.82, 2.24) is 5.32 Å². The molecule has 0 saturated heterocycles. The summed E-state index contributed by atoms with van der Waals surface area (Å²) in [4.78, 5) is 11.9. The van der Waals surface area contributed by atoms with E-state index in [1.165, 1.54) is 32.1 Å². The minimum absolute atomic E-state index is 0.0933. The molecule has 19 heavy (non-hydrogen) atoms. The Kier molecular flexibility index (Phi) is 4.83. The van der Waals surface area contributed by atoms with Gasteiger partial charge in [-0.05, 0) is 37.3 Å². The molecule has 1 saturated carbocycles. The molecule has 3 heteroatoms. The second-order valence-electron chi connectivity index (χ2n) is 5.52. The minimum Gasteiger partial charge on any atom is -0.507 e. The molecular formula is C16H23NO2. The first kappa shape index (κ1) is 13.9. The van der Waals surface area contributed by atoms with E-state index in [1.807, 2.05) is 0 Å². The molecule has 0 aliphatic heterocycles. The maximum atomic E-state index is 11.9. The van der Waals surface area contributed by atoms with Gasteiger partial charge in [-0.25, -0.2) is 0 Å². The van der Waals surface area contributed by atoms with E-state index in [1.54, 1.807) is 25.1 Å². The molecule has 0 bridgehead atoms. The smallest absolute Gasteiger partial charge is 0.255 e. The first-order chi connectivity index (χ1) is 9.18. The van der Waals surface area contributed by atoms with Gasteiger partial charge in [0.1, 0.15) is 5.75 Å². The second kappa shape index (κ2) is 6.60. The molecule has 1 aromatic rings. The van der Waals surface area contributed by atoms with Gasteiger partial charge in [0.25, 0.3) is 5.91 Å². The summed E-state index contributed by atoms with van der Waals surface area (Å²) < 4.78 is 0. The molecule has 1 aliphatic rings. The van der Waals surface area contributed by atoms with Gasteiger partial charge >= 0.3 is 0 Å². The van der Waals surface area contributed by atoms with Gasteiger partial charge in [-0.1, -0.05) is 37.8 Å².